The molecule has 9 nitrogen and oxygen atoms in total. The molecule has 1 aromatic heterocycles. The topological polar surface area (TPSA) is 113 Å². The summed E-state index contributed by atoms with van der Waals surface area (Å²) in [4.78, 5) is 44.4. The predicted molar refractivity (Wildman–Crippen MR) is 161 cm³/mol. The van der Waals surface area contributed by atoms with E-state index in [0.717, 1.165) is 71.4 Å². The van der Waals surface area contributed by atoms with Crippen LogP contribution in [-0.2, 0) is 14.3 Å². The zero-order chi connectivity index (χ0) is 29.3. The van der Waals surface area contributed by atoms with E-state index in [0.29, 0.717) is 48.0 Å². The number of aromatic nitrogens is 1. The first-order valence-electron chi connectivity index (χ1n) is 16.1. The van der Waals surface area contributed by atoms with Crippen molar-refractivity contribution in [3.63, 3.8) is 0 Å². The lowest BCUT2D eigenvalue weighted by Gasteiger charge is -2.59. The molecule has 0 radical (unpaired) electrons. The van der Waals surface area contributed by atoms with Gasteiger partial charge in [-0.3, -0.25) is 19.3 Å². The molecule has 3 amide bonds. The number of pyridine rings is 1. The van der Waals surface area contributed by atoms with Crippen LogP contribution in [0.5, 0.6) is 0 Å². The van der Waals surface area contributed by atoms with Crippen molar-refractivity contribution in [2.45, 2.75) is 71.3 Å². The van der Waals surface area contributed by atoms with Crippen LogP contribution < -0.4 is 16.0 Å². The molecule has 3 saturated carbocycles. The molecule has 3 heterocycles. The van der Waals surface area contributed by atoms with Crippen molar-refractivity contribution in [2.24, 2.45) is 34.5 Å². The molecule has 1 saturated heterocycles. The number of carbonyl (C=O) groups is 3. The van der Waals surface area contributed by atoms with Crippen molar-refractivity contribution < 1.29 is 19.1 Å². The molecule has 42 heavy (non-hydrogen) atoms. The van der Waals surface area contributed by atoms with Gasteiger partial charge >= 0.3 is 0 Å². The summed E-state index contributed by atoms with van der Waals surface area (Å²) in [5, 5.41) is 9.20. The number of amides is 3. The first-order chi connectivity index (χ1) is 20.3. The largest absolute Gasteiger partial charge is 0.379 e. The highest BCUT2D eigenvalue weighted by atomic mass is 16.5. The van der Waals surface area contributed by atoms with Crippen molar-refractivity contribution in [1.82, 2.24) is 20.5 Å². The van der Waals surface area contributed by atoms with Gasteiger partial charge in [-0.15, -0.1) is 0 Å². The normalized spacial score (nSPS) is 35.9. The smallest absolute Gasteiger partial charge is 0.252 e. The Bertz CT molecular complexity index is 1200. The average molecular weight is 578 g/mol. The van der Waals surface area contributed by atoms with Crippen molar-refractivity contribution in [1.29, 1.82) is 0 Å². The number of fused-ring (bicyclic) bond motifs is 5. The van der Waals surface area contributed by atoms with Crippen LogP contribution in [0.4, 0.5) is 5.82 Å². The minimum absolute atomic E-state index is 0.00501. The fourth-order valence-corrected chi connectivity index (χ4v) is 9.23. The maximum absolute atomic E-state index is 13.2. The SMILES string of the molecule is C[C@]12C=CC(=O)N[C@@H]1CC[C@@H]1[C@@H]2CC[C@]2(C)[C@@H](CC(=O)Nc3ccc(C(=O)NCCCN4CCOCC4)cn3)CC[C@@H]12. The molecule has 3 N–H and O–H groups in total. The average Bonchev–Trinajstić information content (AvgIpc) is 3.32. The molecule has 0 spiro atoms. The minimum Gasteiger partial charge on any atom is -0.379 e. The Kier molecular flexibility index (Phi) is 8.42. The summed E-state index contributed by atoms with van der Waals surface area (Å²) in [6.45, 7) is 9.81. The highest BCUT2D eigenvalue weighted by Gasteiger charge is 2.59. The maximum Gasteiger partial charge on any atom is 0.252 e. The van der Waals surface area contributed by atoms with Crippen LogP contribution in [0.1, 0.15) is 75.6 Å². The Balaban J connectivity index is 0.990. The summed E-state index contributed by atoms with van der Waals surface area (Å²) in [5.41, 5.74) is 0.698. The van der Waals surface area contributed by atoms with Crippen LogP contribution in [-0.4, -0.2) is 73.0 Å². The predicted octanol–water partition coefficient (Wildman–Crippen LogP) is 3.78. The lowest BCUT2D eigenvalue weighted by molar-refractivity contribution is -0.123. The summed E-state index contributed by atoms with van der Waals surface area (Å²) in [5.74, 6) is 2.62. The molecule has 228 valence electrons. The second-order valence-electron chi connectivity index (χ2n) is 13.8. The first kappa shape index (κ1) is 29.3. The number of nitrogens with one attached hydrogen (secondary N) is 3. The van der Waals surface area contributed by atoms with Crippen LogP contribution in [0.3, 0.4) is 0 Å². The summed E-state index contributed by atoms with van der Waals surface area (Å²) in [6.07, 6.45) is 13.6. The third-order valence-corrected chi connectivity index (χ3v) is 11.6. The minimum atomic E-state index is -0.142. The number of hydrogen-bond acceptors (Lipinski definition) is 6. The van der Waals surface area contributed by atoms with Crippen LogP contribution in [0.15, 0.2) is 30.5 Å². The lowest BCUT2D eigenvalue weighted by atomic mass is 9.48. The van der Waals surface area contributed by atoms with E-state index in [9.17, 15) is 14.4 Å². The molecule has 1 aromatic rings. The van der Waals surface area contributed by atoms with E-state index in [4.69, 9.17) is 4.74 Å². The van der Waals surface area contributed by atoms with Crippen molar-refractivity contribution >= 4 is 23.5 Å². The second-order valence-corrected chi connectivity index (χ2v) is 13.8. The number of carbonyl (C=O) groups excluding carboxylic acids is 3. The molecule has 5 aliphatic rings. The Labute approximate surface area is 249 Å². The van der Waals surface area contributed by atoms with Gasteiger partial charge in [0.1, 0.15) is 5.82 Å². The number of nitrogens with zero attached hydrogens (tertiary/aromatic N) is 2. The summed E-state index contributed by atoms with van der Waals surface area (Å²) < 4.78 is 5.38. The van der Waals surface area contributed by atoms with Crippen LogP contribution in [0, 0.1) is 34.5 Å². The van der Waals surface area contributed by atoms with Crippen molar-refractivity contribution in [3.8, 4) is 0 Å². The molecule has 0 aromatic carbocycles. The number of ether oxygens (including phenoxy) is 1. The number of rotatable bonds is 8. The second kappa shape index (κ2) is 12.1. The monoisotopic (exact) mass is 577 g/mol. The summed E-state index contributed by atoms with van der Waals surface area (Å²) >= 11 is 0. The van der Waals surface area contributed by atoms with E-state index in [2.05, 4.69) is 45.8 Å². The third-order valence-electron chi connectivity index (χ3n) is 11.6. The van der Waals surface area contributed by atoms with Gasteiger partial charge in [-0.25, -0.2) is 4.98 Å². The summed E-state index contributed by atoms with van der Waals surface area (Å²) in [7, 11) is 0. The van der Waals surface area contributed by atoms with Gasteiger partial charge in [0.25, 0.3) is 5.91 Å². The highest BCUT2D eigenvalue weighted by Crippen LogP contribution is 2.65. The molecule has 4 fully saturated rings. The standard InChI is InChI=1S/C33H47N5O4/c1-32-12-10-26-24(6-8-27-33(26,2)13-11-29(39)36-27)25(32)7-5-23(32)20-30(40)37-28-9-4-22(21-35-28)31(41)34-14-3-15-38-16-18-42-19-17-38/h4,9,11,13,21,23-27H,3,5-8,10,12,14-20H2,1-2H3,(H,34,41)(H,36,39)(H,35,37,40)/t23-,24+,25+,26+,27-,32-,33-/m1/s1. The number of hydrogen-bond donors (Lipinski definition) is 3. The zero-order valence-corrected chi connectivity index (χ0v) is 25.2. The van der Waals surface area contributed by atoms with E-state index < -0.39 is 0 Å². The van der Waals surface area contributed by atoms with Crippen molar-refractivity contribution in [3.05, 3.63) is 36.0 Å². The van der Waals surface area contributed by atoms with Gasteiger partial charge in [-0.1, -0.05) is 19.9 Å². The molecular formula is C33H47N5O4. The van der Waals surface area contributed by atoms with E-state index >= 15 is 0 Å². The number of anilines is 1. The van der Waals surface area contributed by atoms with Crippen molar-refractivity contribution in [2.75, 3.05) is 44.7 Å². The zero-order valence-electron chi connectivity index (χ0n) is 25.2. The lowest BCUT2D eigenvalue weighted by Crippen LogP contribution is -2.59. The third kappa shape index (κ3) is 5.74. The Morgan fingerprint density at radius 1 is 1.10 bits per heavy atom. The van der Waals surface area contributed by atoms with Crippen LogP contribution in [0.25, 0.3) is 0 Å². The molecule has 7 atom stereocenters. The molecule has 0 bridgehead atoms. The van der Waals surface area contributed by atoms with Gasteiger partial charge in [-0.05, 0) is 98.8 Å². The van der Waals surface area contributed by atoms with Gasteiger partial charge in [0.15, 0.2) is 0 Å². The van der Waals surface area contributed by atoms with Gasteiger partial charge in [-0.2, -0.15) is 0 Å². The van der Waals surface area contributed by atoms with E-state index in [1.807, 2.05) is 0 Å². The van der Waals surface area contributed by atoms with Crippen LogP contribution >= 0.6 is 0 Å². The summed E-state index contributed by atoms with van der Waals surface area (Å²) in [6, 6.07) is 3.70. The fraction of sp³-hybridized carbons (Fsp3) is 0.697. The molecule has 0 unspecified atom stereocenters. The number of morpholine rings is 1. The highest BCUT2D eigenvalue weighted by molar-refractivity contribution is 5.95. The molecule has 9 heteroatoms. The molecule has 3 aliphatic carbocycles. The Morgan fingerprint density at radius 3 is 2.71 bits per heavy atom. The van der Waals surface area contributed by atoms with Gasteiger partial charge < -0.3 is 20.7 Å². The quantitative estimate of drug-likeness (QED) is 0.406. The van der Waals surface area contributed by atoms with Gasteiger partial charge in [0.2, 0.25) is 11.8 Å². The van der Waals surface area contributed by atoms with E-state index in [1.165, 1.54) is 6.42 Å². The fourth-order valence-electron chi connectivity index (χ4n) is 9.23. The molecule has 2 aliphatic heterocycles. The maximum atomic E-state index is 13.2. The molecule has 6 rings (SSSR count). The molecular weight excluding hydrogens is 530 g/mol. The van der Waals surface area contributed by atoms with E-state index in [1.54, 1.807) is 24.4 Å². The first-order valence-corrected chi connectivity index (χ1v) is 16.1. The van der Waals surface area contributed by atoms with Gasteiger partial charge in [0, 0.05) is 43.7 Å². The van der Waals surface area contributed by atoms with E-state index in [-0.39, 0.29) is 34.6 Å². The Morgan fingerprint density at radius 2 is 1.93 bits per heavy atom. The Hall–Kier alpha value is -2.78. The van der Waals surface area contributed by atoms with Gasteiger partial charge in [0.05, 0.1) is 18.8 Å². The van der Waals surface area contributed by atoms with Crippen LogP contribution in [0.2, 0.25) is 0 Å².